The van der Waals surface area contributed by atoms with E-state index in [2.05, 4.69) is 17.2 Å². The lowest BCUT2D eigenvalue weighted by Gasteiger charge is -2.22. The Bertz CT molecular complexity index is 276. The highest BCUT2D eigenvalue weighted by atomic mass is 32.1. The summed E-state index contributed by atoms with van der Waals surface area (Å²) >= 11 is 1.82. The molecule has 0 radical (unpaired) electrons. The second-order valence-corrected chi connectivity index (χ2v) is 4.38. The second-order valence-electron chi connectivity index (χ2n) is 3.34. The van der Waals surface area contributed by atoms with Gasteiger partial charge in [-0.3, -0.25) is 0 Å². The Balaban J connectivity index is 2.21. The number of anilines is 1. The van der Waals surface area contributed by atoms with E-state index < -0.39 is 0 Å². The van der Waals surface area contributed by atoms with E-state index in [0.717, 1.165) is 11.6 Å². The van der Waals surface area contributed by atoms with Crippen molar-refractivity contribution in [3.05, 3.63) is 10.7 Å². The molecular weight excluding hydrogens is 168 g/mol. The van der Waals surface area contributed by atoms with Gasteiger partial charge in [0.1, 0.15) is 5.00 Å². The summed E-state index contributed by atoms with van der Waals surface area (Å²) in [7, 11) is 1.96. The van der Waals surface area contributed by atoms with E-state index in [9.17, 15) is 0 Å². The van der Waals surface area contributed by atoms with Gasteiger partial charge in [-0.05, 0) is 19.8 Å². The van der Waals surface area contributed by atoms with Gasteiger partial charge in [-0.15, -0.1) is 11.3 Å². The van der Waals surface area contributed by atoms with E-state index in [1.165, 1.54) is 29.3 Å². The number of hydrogen-bond acceptors (Lipinski definition) is 3. The summed E-state index contributed by atoms with van der Waals surface area (Å²) in [4.78, 5) is 4.56. The van der Waals surface area contributed by atoms with Crippen LogP contribution in [-0.2, 0) is 0 Å². The second kappa shape index (κ2) is 3.05. The SMILES string of the molecule is CNc1sc(C2CCC2)nc1C. The van der Waals surface area contributed by atoms with Crippen molar-refractivity contribution in [2.75, 3.05) is 12.4 Å². The standard InChI is InChI=1S/C9H14N2S/c1-6-8(10-2)12-9(11-6)7-4-3-5-7/h7,10H,3-5H2,1-2H3. The van der Waals surface area contributed by atoms with Crippen LogP contribution < -0.4 is 5.32 Å². The molecule has 0 amide bonds. The van der Waals surface area contributed by atoms with Crippen molar-refractivity contribution < 1.29 is 0 Å². The van der Waals surface area contributed by atoms with Crippen LogP contribution in [0, 0.1) is 6.92 Å². The highest BCUT2D eigenvalue weighted by molar-refractivity contribution is 7.16. The van der Waals surface area contributed by atoms with E-state index in [1.807, 2.05) is 18.4 Å². The molecule has 0 bridgehead atoms. The molecule has 12 heavy (non-hydrogen) atoms. The molecule has 2 rings (SSSR count). The van der Waals surface area contributed by atoms with Crippen LogP contribution in [0.5, 0.6) is 0 Å². The van der Waals surface area contributed by atoms with Crippen LogP contribution in [0.3, 0.4) is 0 Å². The number of nitrogens with zero attached hydrogens (tertiary/aromatic N) is 1. The monoisotopic (exact) mass is 182 g/mol. The summed E-state index contributed by atoms with van der Waals surface area (Å²) in [6, 6.07) is 0. The third-order valence-electron chi connectivity index (χ3n) is 2.49. The molecule has 0 aromatic carbocycles. The first-order chi connectivity index (χ1) is 5.81. The van der Waals surface area contributed by atoms with Gasteiger partial charge in [-0.25, -0.2) is 4.98 Å². The third kappa shape index (κ3) is 1.22. The van der Waals surface area contributed by atoms with Gasteiger partial charge in [-0.1, -0.05) is 6.42 Å². The Morgan fingerprint density at radius 1 is 1.50 bits per heavy atom. The van der Waals surface area contributed by atoms with Crippen molar-refractivity contribution in [1.29, 1.82) is 0 Å². The first-order valence-electron chi connectivity index (χ1n) is 4.46. The molecule has 66 valence electrons. The highest BCUT2D eigenvalue weighted by Gasteiger charge is 2.23. The molecule has 1 aromatic heterocycles. The van der Waals surface area contributed by atoms with Crippen molar-refractivity contribution in [3.8, 4) is 0 Å². The van der Waals surface area contributed by atoms with Crippen molar-refractivity contribution in [2.45, 2.75) is 32.1 Å². The molecule has 0 aliphatic heterocycles. The van der Waals surface area contributed by atoms with Crippen molar-refractivity contribution in [3.63, 3.8) is 0 Å². The van der Waals surface area contributed by atoms with E-state index in [0.29, 0.717) is 0 Å². The summed E-state index contributed by atoms with van der Waals surface area (Å²) in [5, 5.41) is 5.74. The van der Waals surface area contributed by atoms with Gasteiger partial charge in [0.15, 0.2) is 0 Å². The Morgan fingerprint density at radius 2 is 2.25 bits per heavy atom. The number of rotatable bonds is 2. The molecular formula is C9H14N2S. The minimum Gasteiger partial charge on any atom is -0.378 e. The van der Waals surface area contributed by atoms with E-state index in [-0.39, 0.29) is 0 Å². The summed E-state index contributed by atoms with van der Waals surface area (Å²) in [6.07, 6.45) is 4.07. The lowest BCUT2D eigenvalue weighted by molar-refractivity contribution is 0.418. The quantitative estimate of drug-likeness (QED) is 0.760. The number of aryl methyl sites for hydroxylation is 1. The number of thiazole rings is 1. The first-order valence-corrected chi connectivity index (χ1v) is 5.28. The predicted molar refractivity (Wildman–Crippen MR) is 53.0 cm³/mol. The van der Waals surface area contributed by atoms with Gasteiger partial charge in [-0.2, -0.15) is 0 Å². The van der Waals surface area contributed by atoms with Crippen molar-refractivity contribution in [1.82, 2.24) is 4.98 Å². The van der Waals surface area contributed by atoms with Crippen LogP contribution in [0.2, 0.25) is 0 Å². The summed E-state index contributed by atoms with van der Waals surface area (Å²) in [6.45, 7) is 2.07. The molecule has 1 N–H and O–H groups in total. The summed E-state index contributed by atoms with van der Waals surface area (Å²) in [5.41, 5.74) is 1.16. The number of aromatic nitrogens is 1. The Morgan fingerprint density at radius 3 is 2.67 bits per heavy atom. The molecule has 0 saturated heterocycles. The fraction of sp³-hybridized carbons (Fsp3) is 0.667. The van der Waals surface area contributed by atoms with Gasteiger partial charge < -0.3 is 5.32 Å². The molecule has 0 spiro atoms. The minimum atomic E-state index is 0.774. The van der Waals surface area contributed by atoms with Crippen LogP contribution in [-0.4, -0.2) is 12.0 Å². The van der Waals surface area contributed by atoms with E-state index >= 15 is 0 Å². The molecule has 1 fully saturated rings. The minimum absolute atomic E-state index is 0.774. The maximum absolute atomic E-state index is 4.56. The molecule has 0 unspecified atom stereocenters. The number of hydrogen-bond donors (Lipinski definition) is 1. The Labute approximate surface area is 77.0 Å². The third-order valence-corrected chi connectivity index (χ3v) is 3.83. The normalized spacial score (nSPS) is 17.5. The van der Waals surface area contributed by atoms with Crippen LogP contribution in [0.1, 0.15) is 35.9 Å². The van der Waals surface area contributed by atoms with Gasteiger partial charge in [0, 0.05) is 13.0 Å². The van der Waals surface area contributed by atoms with Crippen molar-refractivity contribution >= 4 is 16.3 Å². The van der Waals surface area contributed by atoms with Crippen molar-refractivity contribution in [2.24, 2.45) is 0 Å². The number of nitrogens with one attached hydrogen (secondary N) is 1. The smallest absolute Gasteiger partial charge is 0.111 e. The zero-order chi connectivity index (χ0) is 8.55. The predicted octanol–water partition coefficient (Wildman–Crippen LogP) is 2.76. The maximum atomic E-state index is 4.56. The van der Waals surface area contributed by atoms with Crippen LogP contribution in [0.25, 0.3) is 0 Å². The topological polar surface area (TPSA) is 24.9 Å². The molecule has 1 aromatic rings. The largest absolute Gasteiger partial charge is 0.378 e. The summed E-state index contributed by atoms with van der Waals surface area (Å²) < 4.78 is 0. The lowest BCUT2D eigenvalue weighted by atomic mass is 9.86. The maximum Gasteiger partial charge on any atom is 0.111 e. The average Bonchev–Trinajstić information content (AvgIpc) is 2.27. The molecule has 1 saturated carbocycles. The van der Waals surface area contributed by atoms with Gasteiger partial charge in [0.2, 0.25) is 0 Å². The Hall–Kier alpha value is -0.570. The van der Waals surface area contributed by atoms with Gasteiger partial charge >= 0.3 is 0 Å². The molecule has 1 aliphatic rings. The van der Waals surface area contributed by atoms with Gasteiger partial charge in [0.25, 0.3) is 0 Å². The fourth-order valence-corrected chi connectivity index (χ4v) is 2.57. The fourth-order valence-electron chi connectivity index (χ4n) is 1.48. The average molecular weight is 182 g/mol. The van der Waals surface area contributed by atoms with Gasteiger partial charge in [0.05, 0.1) is 10.7 Å². The zero-order valence-electron chi connectivity index (χ0n) is 7.55. The molecule has 1 heterocycles. The molecule has 0 atom stereocenters. The van der Waals surface area contributed by atoms with Crippen LogP contribution >= 0.6 is 11.3 Å². The lowest BCUT2D eigenvalue weighted by Crippen LogP contribution is -2.07. The summed E-state index contributed by atoms with van der Waals surface area (Å²) in [5.74, 6) is 0.774. The van der Waals surface area contributed by atoms with E-state index in [1.54, 1.807) is 0 Å². The molecule has 2 nitrogen and oxygen atoms in total. The van der Waals surface area contributed by atoms with Crippen LogP contribution in [0.15, 0.2) is 0 Å². The van der Waals surface area contributed by atoms with Crippen LogP contribution in [0.4, 0.5) is 5.00 Å². The zero-order valence-corrected chi connectivity index (χ0v) is 8.37. The Kier molecular flexibility index (Phi) is 2.05. The highest BCUT2D eigenvalue weighted by Crippen LogP contribution is 2.40. The molecule has 3 heteroatoms. The van der Waals surface area contributed by atoms with E-state index in [4.69, 9.17) is 0 Å². The first kappa shape index (κ1) is 8.05. The molecule has 1 aliphatic carbocycles.